The van der Waals surface area contributed by atoms with Gasteiger partial charge in [0.1, 0.15) is 17.6 Å². The summed E-state index contributed by atoms with van der Waals surface area (Å²) in [7, 11) is -2.15. The minimum atomic E-state index is -2.15. The predicted octanol–water partition coefficient (Wildman–Crippen LogP) is 9.43. The summed E-state index contributed by atoms with van der Waals surface area (Å²) in [5.41, 5.74) is 2.48. The molecule has 0 aromatic heterocycles. The minimum Gasteiger partial charge on any atom is -0.490 e. The second-order valence-electron chi connectivity index (χ2n) is 16.5. The van der Waals surface area contributed by atoms with Crippen molar-refractivity contribution in [1.82, 2.24) is 0 Å². The molecule has 1 aromatic rings. The fourth-order valence-corrected chi connectivity index (χ4v) is 11.3. The summed E-state index contributed by atoms with van der Waals surface area (Å²) in [4.78, 5) is 13.4. The Balaban J connectivity index is 1.74. The van der Waals surface area contributed by atoms with Crippen LogP contribution in [0.25, 0.3) is 0 Å². The van der Waals surface area contributed by atoms with Gasteiger partial charge in [0.25, 0.3) is 0 Å². The summed E-state index contributed by atoms with van der Waals surface area (Å²) in [5.74, 6) is 3.88. The van der Waals surface area contributed by atoms with Gasteiger partial charge in [-0.15, -0.1) is 6.58 Å². The van der Waals surface area contributed by atoms with E-state index in [1.807, 2.05) is 0 Å². The van der Waals surface area contributed by atoms with E-state index in [2.05, 4.69) is 111 Å². The fraction of sp³-hybridized carbons (Fsp3) is 0.703. The molecule has 226 valence electrons. The summed E-state index contributed by atoms with van der Waals surface area (Å²) >= 11 is 0. The molecular formula is C37H56O3Si. The monoisotopic (exact) mass is 576 g/mol. The first-order chi connectivity index (χ1) is 19.0. The van der Waals surface area contributed by atoms with Gasteiger partial charge in [-0.05, 0) is 85.2 Å². The van der Waals surface area contributed by atoms with Crippen molar-refractivity contribution in [2.75, 3.05) is 0 Å². The van der Waals surface area contributed by atoms with E-state index in [1.54, 1.807) is 0 Å². The van der Waals surface area contributed by atoms with Crippen LogP contribution in [0.4, 0.5) is 0 Å². The standard InChI is InChI=1S/C37H56O3Si/c1-12-36(8)22-25(4)31-30-33(36)29(40-41(10,11)35(5,6)7)18-15-27(38)20-26-13-16-28(17-14-26)39-34(30)32-24(3)19-23(2)21-37(31,32)9/h12-14,16-17,22-24,29-34H,1,15,18-21H2,2-11H3/t23-,24+,29?,30?,31-,32+,33?,34?,36+,37+/m0/s1. The SMILES string of the molecule is C=C[C@]1(C)C=C(C)[C@H]2C3C(Oc4ccc(cc4)CC(=O)CCC(O[Si](C)(C)C(C)(C)C)C31)[C@H]1[C@H](C)C[C@H](C)C[C@]21C. The smallest absolute Gasteiger partial charge is 0.192 e. The Bertz CT molecular complexity index is 1190. The van der Waals surface area contributed by atoms with Gasteiger partial charge < -0.3 is 9.16 Å². The zero-order valence-electron chi connectivity index (χ0n) is 27.6. The summed E-state index contributed by atoms with van der Waals surface area (Å²) in [6.07, 6.45) is 9.04. The van der Waals surface area contributed by atoms with E-state index < -0.39 is 8.32 Å². The van der Waals surface area contributed by atoms with Gasteiger partial charge in [-0.25, -0.2) is 0 Å². The first kappa shape index (κ1) is 30.8. The lowest BCUT2D eigenvalue weighted by molar-refractivity contribution is -0.119. The van der Waals surface area contributed by atoms with E-state index >= 15 is 0 Å². The normalized spacial score (nSPS) is 41.2. The van der Waals surface area contributed by atoms with Crippen LogP contribution < -0.4 is 4.74 Å². The Morgan fingerprint density at radius 1 is 1.10 bits per heavy atom. The zero-order valence-corrected chi connectivity index (χ0v) is 28.6. The molecule has 4 unspecified atom stereocenters. The highest BCUT2D eigenvalue weighted by atomic mass is 28.4. The summed E-state index contributed by atoms with van der Waals surface area (Å²) < 4.78 is 14.7. The van der Waals surface area contributed by atoms with Crippen LogP contribution >= 0.6 is 0 Å². The van der Waals surface area contributed by atoms with Gasteiger partial charge >= 0.3 is 0 Å². The highest BCUT2D eigenvalue weighted by Crippen LogP contribution is 2.69. The Morgan fingerprint density at radius 3 is 2.37 bits per heavy atom. The second-order valence-corrected chi connectivity index (χ2v) is 21.2. The minimum absolute atomic E-state index is 0.0309. The molecule has 2 heterocycles. The number of hydrogen-bond acceptors (Lipinski definition) is 3. The van der Waals surface area contributed by atoms with Crippen LogP contribution in [0.15, 0.2) is 48.6 Å². The molecule has 5 aliphatic rings. The maximum atomic E-state index is 13.4. The molecule has 1 aromatic carbocycles. The number of carbonyl (C=O) groups is 1. The van der Waals surface area contributed by atoms with E-state index in [0.29, 0.717) is 42.3 Å². The Hall–Kier alpha value is -1.65. The van der Waals surface area contributed by atoms with Gasteiger partial charge in [0.2, 0.25) is 0 Å². The molecule has 2 bridgehead atoms. The number of hydrogen-bond donors (Lipinski definition) is 0. The van der Waals surface area contributed by atoms with Crippen LogP contribution in [-0.2, 0) is 15.6 Å². The van der Waals surface area contributed by atoms with Gasteiger partial charge in [-0.1, -0.05) is 78.3 Å². The molecule has 4 heteroatoms. The molecule has 0 saturated heterocycles. The molecule has 0 N–H and O–H groups in total. The molecule has 2 fully saturated rings. The number of allylic oxidation sites excluding steroid dienone is 3. The lowest BCUT2D eigenvalue weighted by Crippen LogP contribution is -2.54. The zero-order chi connectivity index (χ0) is 30.1. The average Bonchev–Trinajstić information content (AvgIpc) is 3.10. The fourth-order valence-electron chi connectivity index (χ4n) is 9.95. The molecule has 2 saturated carbocycles. The third-order valence-corrected chi connectivity index (χ3v) is 16.8. The molecule has 41 heavy (non-hydrogen) atoms. The predicted molar refractivity (Wildman–Crippen MR) is 173 cm³/mol. The lowest BCUT2D eigenvalue weighted by Gasteiger charge is -2.53. The molecule has 2 aliphatic heterocycles. The van der Waals surface area contributed by atoms with E-state index in [1.165, 1.54) is 18.4 Å². The molecule has 3 nitrogen and oxygen atoms in total. The van der Waals surface area contributed by atoms with Crippen molar-refractivity contribution in [2.45, 2.75) is 118 Å². The largest absolute Gasteiger partial charge is 0.490 e. The second kappa shape index (κ2) is 10.5. The van der Waals surface area contributed by atoms with E-state index in [4.69, 9.17) is 9.16 Å². The van der Waals surface area contributed by atoms with Crippen molar-refractivity contribution in [1.29, 1.82) is 0 Å². The highest BCUT2D eigenvalue weighted by molar-refractivity contribution is 6.74. The lowest BCUT2D eigenvalue weighted by atomic mass is 9.53. The summed E-state index contributed by atoms with van der Waals surface area (Å²) in [6, 6.07) is 8.42. The maximum absolute atomic E-state index is 13.4. The van der Waals surface area contributed by atoms with Crippen molar-refractivity contribution in [3.63, 3.8) is 0 Å². The first-order valence-electron chi connectivity index (χ1n) is 16.3. The van der Waals surface area contributed by atoms with Crippen LogP contribution in [0.2, 0.25) is 18.1 Å². The first-order valence-corrected chi connectivity index (χ1v) is 19.2. The third-order valence-electron chi connectivity index (χ3n) is 12.3. The number of benzene rings is 1. The van der Waals surface area contributed by atoms with Gasteiger partial charge in [0, 0.05) is 42.1 Å². The quantitative estimate of drug-likeness (QED) is 0.266. The molecule has 0 radical (unpaired) electrons. The number of fused-ring (bicyclic) bond motifs is 8. The number of ketones is 1. The Labute approximate surface area is 251 Å². The van der Waals surface area contributed by atoms with Gasteiger partial charge in [0.15, 0.2) is 8.32 Å². The Morgan fingerprint density at radius 2 is 1.76 bits per heavy atom. The molecular weight excluding hydrogens is 520 g/mol. The van der Waals surface area contributed by atoms with Gasteiger partial charge in [0.05, 0.1) is 0 Å². The number of Topliss-reactive ketones (excluding diaryl/α,β-unsaturated/α-hetero) is 1. The van der Waals surface area contributed by atoms with Crippen molar-refractivity contribution < 1.29 is 14.0 Å². The van der Waals surface area contributed by atoms with Gasteiger partial charge in [-0.3, -0.25) is 4.79 Å². The molecule has 6 rings (SSSR count). The molecule has 0 amide bonds. The third kappa shape index (κ3) is 5.24. The van der Waals surface area contributed by atoms with E-state index in [-0.39, 0.29) is 39.9 Å². The number of rotatable bonds is 3. The van der Waals surface area contributed by atoms with Gasteiger partial charge in [-0.2, -0.15) is 0 Å². The van der Waals surface area contributed by atoms with E-state index in [0.717, 1.165) is 17.7 Å². The maximum Gasteiger partial charge on any atom is 0.192 e. The Kier molecular flexibility index (Phi) is 7.89. The molecule has 10 atom stereocenters. The van der Waals surface area contributed by atoms with E-state index in [9.17, 15) is 4.79 Å². The van der Waals surface area contributed by atoms with Crippen LogP contribution in [0.5, 0.6) is 5.75 Å². The molecule has 3 aliphatic carbocycles. The summed E-state index contributed by atoms with van der Waals surface area (Å²) in [6.45, 7) is 28.4. The van der Waals surface area contributed by atoms with Crippen LogP contribution in [0, 0.1) is 46.3 Å². The van der Waals surface area contributed by atoms with Crippen molar-refractivity contribution in [2.24, 2.45) is 46.3 Å². The van der Waals surface area contributed by atoms with Crippen molar-refractivity contribution in [3.8, 4) is 5.75 Å². The highest BCUT2D eigenvalue weighted by Gasteiger charge is 2.67. The number of ether oxygens (including phenoxy) is 1. The van der Waals surface area contributed by atoms with Crippen molar-refractivity contribution in [3.05, 3.63) is 54.1 Å². The average molecular weight is 577 g/mol. The number of carbonyl (C=O) groups excluding carboxylic acids is 1. The molecule has 0 spiro atoms. The summed E-state index contributed by atoms with van der Waals surface area (Å²) in [5, 5.41) is 0.0801. The van der Waals surface area contributed by atoms with Crippen molar-refractivity contribution >= 4 is 14.1 Å². The van der Waals surface area contributed by atoms with Crippen LogP contribution in [-0.4, -0.2) is 26.3 Å². The van der Waals surface area contributed by atoms with Crippen LogP contribution in [0.1, 0.15) is 86.6 Å². The van der Waals surface area contributed by atoms with Crippen LogP contribution in [0.3, 0.4) is 0 Å². The topological polar surface area (TPSA) is 35.5 Å².